The van der Waals surface area contributed by atoms with Crippen LogP contribution in [0.3, 0.4) is 0 Å². The fourth-order valence-corrected chi connectivity index (χ4v) is 5.06. The highest BCUT2D eigenvalue weighted by molar-refractivity contribution is 6.57. The van der Waals surface area contributed by atoms with Crippen molar-refractivity contribution < 1.29 is 4.74 Å². The molecule has 2 aliphatic carbocycles. The predicted molar refractivity (Wildman–Crippen MR) is 70.0 cm³/mol. The van der Waals surface area contributed by atoms with E-state index in [9.17, 15) is 0 Å². The molecule has 6 atom stereocenters. The Balaban J connectivity index is 1.70. The standard InChI is InChI=1S/C15H22BO/c1-8(2)10-5-4-9-7-17-13-12(9)11(10)6-15(3)14(13)16-15/h7-8,10-14H,4-6H2,1-3H3/t10-,11?,12?,13?,14?,15?/m0/s1. The van der Waals surface area contributed by atoms with Crippen molar-refractivity contribution in [2.75, 3.05) is 0 Å². The zero-order valence-corrected chi connectivity index (χ0v) is 11.1. The van der Waals surface area contributed by atoms with Gasteiger partial charge in [-0.1, -0.05) is 32.5 Å². The van der Waals surface area contributed by atoms with E-state index in [1.165, 1.54) is 19.3 Å². The molecule has 4 rings (SSSR count). The van der Waals surface area contributed by atoms with Crippen molar-refractivity contribution in [1.82, 2.24) is 0 Å². The summed E-state index contributed by atoms with van der Waals surface area (Å²) < 4.78 is 6.02. The first kappa shape index (κ1) is 10.5. The average molecular weight is 229 g/mol. The molecule has 1 radical (unpaired) electrons. The number of hydrogen-bond acceptors (Lipinski definition) is 1. The lowest BCUT2D eigenvalue weighted by atomic mass is 9.58. The summed E-state index contributed by atoms with van der Waals surface area (Å²) in [7, 11) is 2.56. The predicted octanol–water partition coefficient (Wildman–Crippen LogP) is 3.66. The minimum atomic E-state index is 0.510. The van der Waals surface area contributed by atoms with Gasteiger partial charge in [0.25, 0.3) is 0 Å². The summed E-state index contributed by atoms with van der Waals surface area (Å²) in [6.07, 6.45) is 6.74. The Morgan fingerprint density at radius 1 is 1.47 bits per heavy atom. The second kappa shape index (κ2) is 3.13. The molecule has 1 nitrogen and oxygen atoms in total. The topological polar surface area (TPSA) is 9.23 Å². The van der Waals surface area contributed by atoms with E-state index in [-0.39, 0.29) is 0 Å². The molecular weight excluding hydrogens is 207 g/mol. The first-order valence-electron chi connectivity index (χ1n) is 7.30. The van der Waals surface area contributed by atoms with E-state index in [1.54, 1.807) is 5.57 Å². The van der Waals surface area contributed by atoms with Crippen molar-refractivity contribution in [1.29, 1.82) is 0 Å². The zero-order valence-electron chi connectivity index (χ0n) is 11.1. The Morgan fingerprint density at radius 2 is 2.29 bits per heavy atom. The molecule has 2 aliphatic heterocycles. The van der Waals surface area contributed by atoms with Crippen LogP contribution in [0.15, 0.2) is 11.8 Å². The third kappa shape index (κ3) is 1.27. The van der Waals surface area contributed by atoms with Gasteiger partial charge in [0.2, 0.25) is 0 Å². The average Bonchev–Trinajstić information content (AvgIpc) is 2.78. The molecule has 4 aliphatic rings. The van der Waals surface area contributed by atoms with Crippen LogP contribution in [0.25, 0.3) is 0 Å². The molecule has 3 fully saturated rings. The Hall–Kier alpha value is -0.395. The third-order valence-corrected chi connectivity index (χ3v) is 6.03. The molecule has 2 heterocycles. The number of fused-ring (bicyclic) bond motifs is 2. The number of hydrogen-bond donors (Lipinski definition) is 0. The van der Waals surface area contributed by atoms with E-state index >= 15 is 0 Å². The highest BCUT2D eigenvalue weighted by Crippen LogP contribution is 2.72. The molecule has 0 aromatic heterocycles. The van der Waals surface area contributed by atoms with Crippen molar-refractivity contribution in [2.24, 2.45) is 23.7 Å². The minimum absolute atomic E-state index is 0.510. The van der Waals surface area contributed by atoms with Crippen LogP contribution in [0.5, 0.6) is 0 Å². The van der Waals surface area contributed by atoms with Crippen LogP contribution < -0.4 is 0 Å². The molecule has 0 bridgehead atoms. The molecule has 1 saturated heterocycles. The maximum Gasteiger partial charge on any atom is 0.125 e. The van der Waals surface area contributed by atoms with Crippen molar-refractivity contribution in [3.8, 4) is 0 Å². The van der Waals surface area contributed by atoms with Gasteiger partial charge in [-0.3, -0.25) is 0 Å². The maximum absolute atomic E-state index is 6.02. The Labute approximate surface area is 105 Å². The molecule has 91 valence electrons. The fraction of sp³-hybridized carbons (Fsp3) is 0.867. The van der Waals surface area contributed by atoms with Crippen LogP contribution in [0.2, 0.25) is 11.1 Å². The Morgan fingerprint density at radius 3 is 3.06 bits per heavy atom. The van der Waals surface area contributed by atoms with Gasteiger partial charge in [-0.15, -0.1) is 0 Å². The minimum Gasteiger partial charge on any atom is -0.498 e. The molecule has 5 unspecified atom stereocenters. The second-order valence-electron chi connectivity index (χ2n) is 7.33. The van der Waals surface area contributed by atoms with Gasteiger partial charge in [0.1, 0.15) is 13.4 Å². The fourth-order valence-electron chi connectivity index (χ4n) is 5.06. The van der Waals surface area contributed by atoms with E-state index in [0.29, 0.717) is 11.4 Å². The molecule has 2 saturated carbocycles. The van der Waals surface area contributed by atoms with Crippen LogP contribution in [-0.2, 0) is 4.74 Å². The largest absolute Gasteiger partial charge is 0.498 e. The summed E-state index contributed by atoms with van der Waals surface area (Å²) in [5.41, 5.74) is 1.64. The van der Waals surface area contributed by atoms with E-state index in [0.717, 1.165) is 29.5 Å². The quantitative estimate of drug-likeness (QED) is 0.623. The first-order chi connectivity index (χ1) is 8.10. The van der Waals surface area contributed by atoms with Gasteiger partial charge in [0.05, 0.1) is 6.26 Å². The summed E-state index contributed by atoms with van der Waals surface area (Å²) in [5, 5.41) is 0.513. The van der Waals surface area contributed by atoms with Crippen molar-refractivity contribution >= 4 is 7.28 Å². The van der Waals surface area contributed by atoms with Crippen molar-refractivity contribution in [3.05, 3.63) is 11.8 Å². The van der Waals surface area contributed by atoms with Crippen molar-refractivity contribution in [2.45, 2.75) is 57.3 Å². The van der Waals surface area contributed by atoms with Crippen LogP contribution in [0, 0.1) is 23.7 Å². The first-order valence-corrected chi connectivity index (χ1v) is 7.30. The summed E-state index contributed by atoms with van der Waals surface area (Å²) in [4.78, 5) is 0. The van der Waals surface area contributed by atoms with E-state index in [1.807, 2.05) is 0 Å². The summed E-state index contributed by atoms with van der Waals surface area (Å²) in [6, 6.07) is 0. The smallest absolute Gasteiger partial charge is 0.125 e. The molecule has 0 aromatic rings. The highest BCUT2D eigenvalue weighted by Gasteiger charge is 2.65. The maximum atomic E-state index is 6.02. The lowest BCUT2D eigenvalue weighted by Gasteiger charge is -2.46. The van der Waals surface area contributed by atoms with E-state index in [4.69, 9.17) is 4.74 Å². The molecule has 0 aromatic carbocycles. The molecular formula is C15H22BO. The normalized spacial score (nSPS) is 54.4. The second-order valence-corrected chi connectivity index (χ2v) is 7.33. The SMILES string of the molecule is CC(C)[C@@H]1CCC2=COC3C2C1CC1(C)[B]C31. The number of ether oxygens (including phenoxy) is 1. The molecule has 17 heavy (non-hydrogen) atoms. The number of rotatable bonds is 1. The monoisotopic (exact) mass is 229 g/mol. The molecule has 0 N–H and O–H groups in total. The molecule has 2 heteroatoms. The lowest BCUT2D eigenvalue weighted by molar-refractivity contribution is 0.0242. The molecule has 0 amide bonds. The zero-order chi connectivity index (χ0) is 11.8. The molecule has 0 spiro atoms. The van der Waals surface area contributed by atoms with Crippen LogP contribution in [-0.4, -0.2) is 13.4 Å². The highest BCUT2D eigenvalue weighted by atomic mass is 16.5. The van der Waals surface area contributed by atoms with E-state index in [2.05, 4.69) is 34.3 Å². The van der Waals surface area contributed by atoms with Gasteiger partial charge in [0.15, 0.2) is 0 Å². The van der Waals surface area contributed by atoms with Gasteiger partial charge in [0, 0.05) is 5.92 Å². The summed E-state index contributed by atoms with van der Waals surface area (Å²) in [6.45, 7) is 7.27. The van der Waals surface area contributed by atoms with Gasteiger partial charge in [-0.05, 0) is 42.0 Å². The van der Waals surface area contributed by atoms with Gasteiger partial charge in [-0.25, -0.2) is 0 Å². The van der Waals surface area contributed by atoms with Crippen LogP contribution in [0.4, 0.5) is 0 Å². The van der Waals surface area contributed by atoms with Gasteiger partial charge < -0.3 is 4.74 Å². The Bertz CT molecular complexity index is 388. The lowest BCUT2D eigenvalue weighted by Crippen LogP contribution is -2.41. The van der Waals surface area contributed by atoms with E-state index < -0.39 is 0 Å². The van der Waals surface area contributed by atoms with Crippen LogP contribution >= 0.6 is 0 Å². The Kier molecular flexibility index (Phi) is 1.94. The van der Waals surface area contributed by atoms with Crippen molar-refractivity contribution in [3.63, 3.8) is 0 Å². The van der Waals surface area contributed by atoms with Gasteiger partial charge >= 0.3 is 0 Å². The third-order valence-electron chi connectivity index (χ3n) is 6.03. The summed E-state index contributed by atoms with van der Waals surface area (Å²) >= 11 is 0. The van der Waals surface area contributed by atoms with Gasteiger partial charge in [-0.2, -0.15) is 0 Å². The van der Waals surface area contributed by atoms with Crippen LogP contribution in [0.1, 0.15) is 40.0 Å². The summed E-state index contributed by atoms with van der Waals surface area (Å²) in [5.74, 6) is 4.17.